The summed E-state index contributed by atoms with van der Waals surface area (Å²) < 4.78 is 26.6. The zero-order chi connectivity index (χ0) is 18.9. The van der Waals surface area contributed by atoms with Crippen molar-refractivity contribution in [2.75, 3.05) is 35.0 Å². The summed E-state index contributed by atoms with van der Waals surface area (Å²) in [6, 6.07) is 10.6. The number of hydrogen-bond donors (Lipinski definition) is 1. The molecule has 2 rings (SSSR count). The quantitative estimate of drug-likeness (QED) is 0.739. The molecule has 2 aromatic carbocycles. The molecule has 0 bridgehead atoms. The van der Waals surface area contributed by atoms with Gasteiger partial charge in [-0.05, 0) is 24.3 Å². The van der Waals surface area contributed by atoms with E-state index in [2.05, 4.69) is 5.32 Å². The Morgan fingerprint density at radius 1 is 0.885 bits per heavy atom. The maximum absolute atomic E-state index is 12.1. The van der Waals surface area contributed by atoms with Gasteiger partial charge in [0.15, 0.2) is 18.1 Å². The minimum atomic E-state index is -0.260. The number of ether oxygens (including phenoxy) is 5. The summed E-state index contributed by atoms with van der Waals surface area (Å²) in [7, 11) is 6.19. The zero-order valence-electron chi connectivity index (χ0n) is 15.3. The van der Waals surface area contributed by atoms with Gasteiger partial charge in [0.2, 0.25) is 5.75 Å². The molecule has 0 atom stereocenters. The van der Waals surface area contributed by atoms with Gasteiger partial charge in [0, 0.05) is 18.2 Å². The van der Waals surface area contributed by atoms with Gasteiger partial charge >= 0.3 is 0 Å². The highest BCUT2D eigenvalue weighted by Crippen LogP contribution is 2.39. The minimum absolute atomic E-state index is 0.108. The van der Waals surface area contributed by atoms with E-state index in [0.29, 0.717) is 28.7 Å². The molecule has 0 fully saturated rings. The Hall–Kier alpha value is -3.09. The van der Waals surface area contributed by atoms with E-state index in [9.17, 15) is 4.79 Å². The van der Waals surface area contributed by atoms with Crippen molar-refractivity contribution < 1.29 is 28.5 Å². The van der Waals surface area contributed by atoms with Crippen molar-refractivity contribution in [3.8, 4) is 28.7 Å². The predicted octanol–water partition coefficient (Wildman–Crippen LogP) is 2.42. The van der Waals surface area contributed by atoms with E-state index in [0.717, 1.165) is 5.56 Å². The molecule has 0 radical (unpaired) electrons. The number of carbonyl (C=O) groups is 1. The second-order valence-electron chi connectivity index (χ2n) is 5.24. The molecule has 0 aliphatic heterocycles. The van der Waals surface area contributed by atoms with Gasteiger partial charge in [-0.2, -0.15) is 0 Å². The molecule has 0 saturated carbocycles. The van der Waals surface area contributed by atoms with Crippen LogP contribution in [0.3, 0.4) is 0 Å². The van der Waals surface area contributed by atoms with Crippen LogP contribution in [0.25, 0.3) is 0 Å². The third-order valence-corrected chi connectivity index (χ3v) is 3.67. The average molecular weight is 361 g/mol. The number of rotatable bonds is 9. The van der Waals surface area contributed by atoms with Crippen molar-refractivity contribution in [2.45, 2.75) is 6.54 Å². The van der Waals surface area contributed by atoms with Crippen LogP contribution in [0.15, 0.2) is 36.4 Å². The molecule has 1 amide bonds. The molecule has 2 aromatic rings. The summed E-state index contributed by atoms with van der Waals surface area (Å²) >= 11 is 0. The summed E-state index contributed by atoms with van der Waals surface area (Å²) in [6.07, 6.45) is 0. The van der Waals surface area contributed by atoms with Gasteiger partial charge < -0.3 is 29.0 Å². The van der Waals surface area contributed by atoms with Gasteiger partial charge in [-0.25, -0.2) is 0 Å². The van der Waals surface area contributed by atoms with Crippen molar-refractivity contribution in [1.82, 2.24) is 5.32 Å². The number of hydrogen-bond acceptors (Lipinski definition) is 6. The van der Waals surface area contributed by atoms with Gasteiger partial charge in [0.25, 0.3) is 5.91 Å². The molecule has 0 heterocycles. The van der Waals surface area contributed by atoms with Gasteiger partial charge in [-0.3, -0.25) is 4.79 Å². The lowest BCUT2D eigenvalue weighted by atomic mass is 10.1. The second-order valence-corrected chi connectivity index (χ2v) is 5.24. The van der Waals surface area contributed by atoms with Crippen molar-refractivity contribution in [2.24, 2.45) is 0 Å². The highest BCUT2D eigenvalue weighted by molar-refractivity contribution is 5.77. The third kappa shape index (κ3) is 4.72. The van der Waals surface area contributed by atoms with Crippen LogP contribution in [0, 0.1) is 0 Å². The third-order valence-electron chi connectivity index (χ3n) is 3.67. The Labute approximate surface area is 152 Å². The molecule has 7 heteroatoms. The lowest BCUT2D eigenvalue weighted by Gasteiger charge is -2.16. The van der Waals surface area contributed by atoms with Crippen LogP contribution >= 0.6 is 0 Å². The maximum atomic E-state index is 12.1. The van der Waals surface area contributed by atoms with E-state index in [1.54, 1.807) is 44.6 Å². The summed E-state index contributed by atoms with van der Waals surface area (Å²) in [5.41, 5.74) is 0.764. The first-order valence-electron chi connectivity index (χ1n) is 7.94. The van der Waals surface area contributed by atoms with Gasteiger partial charge in [-0.15, -0.1) is 0 Å². The van der Waals surface area contributed by atoms with E-state index < -0.39 is 0 Å². The predicted molar refractivity (Wildman–Crippen MR) is 96.4 cm³/mol. The van der Waals surface area contributed by atoms with Gasteiger partial charge in [0.05, 0.1) is 28.4 Å². The van der Waals surface area contributed by atoms with Crippen molar-refractivity contribution in [1.29, 1.82) is 0 Å². The fourth-order valence-electron chi connectivity index (χ4n) is 2.39. The molecule has 140 valence electrons. The van der Waals surface area contributed by atoms with Crippen molar-refractivity contribution in [3.63, 3.8) is 0 Å². The molecule has 0 aliphatic carbocycles. The number of benzene rings is 2. The highest BCUT2D eigenvalue weighted by Gasteiger charge is 2.16. The second kappa shape index (κ2) is 9.41. The smallest absolute Gasteiger partial charge is 0.258 e. The van der Waals surface area contributed by atoms with Crippen LogP contribution in [0.5, 0.6) is 28.7 Å². The van der Waals surface area contributed by atoms with Crippen LogP contribution in [-0.2, 0) is 11.3 Å². The lowest BCUT2D eigenvalue weighted by Crippen LogP contribution is -2.28. The summed E-state index contributed by atoms with van der Waals surface area (Å²) in [5, 5.41) is 2.79. The highest BCUT2D eigenvalue weighted by atomic mass is 16.5. The fraction of sp³-hybridized carbons (Fsp3) is 0.316. The SMILES string of the molecule is COc1cccc(OCC(=O)NCc2ccc(OC)c(OC)c2OC)c1. The minimum Gasteiger partial charge on any atom is -0.497 e. The number of nitrogens with one attached hydrogen (secondary N) is 1. The Bertz CT molecular complexity index is 747. The molecule has 1 N–H and O–H groups in total. The summed E-state index contributed by atoms with van der Waals surface area (Å²) in [4.78, 5) is 12.1. The van der Waals surface area contributed by atoms with E-state index >= 15 is 0 Å². The lowest BCUT2D eigenvalue weighted by molar-refractivity contribution is -0.123. The molecular weight excluding hydrogens is 338 g/mol. The van der Waals surface area contributed by atoms with E-state index in [-0.39, 0.29) is 19.1 Å². The van der Waals surface area contributed by atoms with E-state index in [1.807, 2.05) is 6.07 Å². The molecule has 0 unspecified atom stereocenters. The largest absolute Gasteiger partial charge is 0.497 e. The number of amides is 1. The molecule has 0 aliphatic rings. The fourth-order valence-corrected chi connectivity index (χ4v) is 2.39. The first-order chi connectivity index (χ1) is 12.6. The average Bonchev–Trinajstić information content (AvgIpc) is 2.69. The first kappa shape index (κ1) is 19.2. The molecule has 0 saturated heterocycles. The topological polar surface area (TPSA) is 75.3 Å². The van der Waals surface area contributed by atoms with E-state index in [1.165, 1.54) is 14.2 Å². The van der Waals surface area contributed by atoms with Crippen LogP contribution in [-0.4, -0.2) is 41.0 Å². The first-order valence-corrected chi connectivity index (χ1v) is 7.94. The number of methoxy groups -OCH3 is 4. The maximum Gasteiger partial charge on any atom is 0.258 e. The summed E-state index contributed by atoms with van der Waals surface area (Å²) in [6.45, 7) is 0.159. The number of carbonyl (C=O) groups excluding carboxylic acids is 1. The van der Waals surface area contributed by atoms with Crippen LogP contribution in [0.4, 0.5) is 0 Å². The molecule has 26 heavy (non-hydrogen) atoms. The van der Waals surface area contributed by atoms with Gasteiger partial charge in [0.1, 0.15) is 11.5 Å². The molecule has 7 nitrogen and oxygen atoms in total. The molecule has 0 spiro atoms. The molecular formula is C19H23NO6. The van der Waals surface area contributed by atoms with Gasteiger partial charge in [-0.1, -0.05) is 6.07 Å². The monoisotopic (exact) mass is 361 g/mol. The van der Waals surface area contributed by atoms with Crippen LogP contribution in [0.2, 0.25) is 0 Å². The Balaban J connectivity index is 1.96. The molecule has 0 aromatic heterocycles. The Morgan fingerprint density at radius 3 is 2.27 bits per heavy atom. The van der Waals surface area contributed by atoms with Crippen molar-refractivity contribution >= 4 is 5.91 Å². The van der Waals surface area contributed by atoms with Crippen LogP contribution < -0.4 is 29.0 Å². The standard InChI is InChI=1S/C19H23NO6/c1-22-14-6-5-7-15(10-14)26-12-17(21)20-11-13-8-9-16(23-2)19(25-4)18(13)24-3/h5-10H,11-12H2,1-4H3,(H,20,21). The van der Waals surface area contributed by atoms with E-state index in [4.69, 9.17) is 23.7 Å². The normalized spacial score (nSPS) is 10.0. The zero-order valence-corrected chi connectivity index (χ0v) is 15.3. The van der Waals surface area contributed by atoms with Crippen molar-refractivity contribution in [3.05, 3.63) is 42.0 Å². The summed E-state index contributed by atoms with van der Waals surface area (Å²) in [5.74, 6) is 2.52. The Morgan fingerprint density at radius 2 is 1.62 bits per heavy atom. The van der Waals surface area contributed by atoms with Crippen LogP contribution in [0.1, 0.15) is 5.56 Å². The Kier molecular flexibility index (Phi) is 6.96.